The standard InChI is InChI=1S/C9H10N2OS/c1-7-2-3-8(6-10)9(11-7)13-5-4-12/h2-3,12H,4-5H2,1H3. The van der Waals surface area contributed by atoms with Crippen molar-refractivity contribution in [1.82, 2.24) is 4.98 Å². The summed E-state index contributed by atoms with van der Waals surface area (Å²) >= 11 is 1.40. The van der Waals surface area contributed by atoms with Gasteiger partial charge in [-0.3, -0.25) is 0 Å². The van der Waals surface area contributed by atoms with Crippen molar-refractivity contribution >= 4 is 11.8 Å². The number of aliphatic hydroxyl groups is 1. The van der Waals surface area contributed by atoms with E-state index >= 15 is 0 Å². The molecule has 68 valence electrons. The molecule has 0 atom stereocenters. The number of hydrogen-bond acceptors (Lipinski definition) is 4. The quantitative estimate of drug-likeness (QED) is 0.738. The fourth-order valence-electron chi connectivity index (χ4n) is 0.870. The molecule has 0 aliphatic heterocycles. The maximum atomic E-state index is 8.74. The summed E-state index contributed by atoms with van der Waals surface area (Å²) in [5.41, 5.74) is 1.46. The number of thioether (sulfide) groups is 1. The van der Waals surface area contributed by atoms with E-state index in [4.69, 9.17) is 10.4 Å². The molecule has 0 unspecified atom stereocenters. The van der Waals surface area contributed by atoms with Crippen molar-refractivity contribution in [2.24, 2.45) is 0 Å². The van der Waals surface area contributed by atoms with Gasteiger partial charge in [0, 0.05) is 11.4 Å². The van der Waals surface area contributed by atoms with Crippen LogP contribution in [0.5, 0.6) is 0 Å². The van der Waals surface area contributed by atoms with Crippen molar-refractivity contribution in [3.63, 3.8) is 0 Å². The number of aliphatic hydroxyl groups excluding tert-OH is 1. The lowest BCUT2D eigenvalue weighted by molar-refractivity contribution is 0.322. The molecule has 3 nitrogen and oxygen atoms in total. The van der Waals surface area contributed by atoms with E-state index in [0.717, 1.165) is 5.69 Å². The zero-order valence-electron chi connectivity index (χ0n) is 7.32. The van der Waals surface area contributed by atoms with Crippen molar-refractivity contribution < 1.29 is 5.11 Å². The van der Waals surface area contributed by atoms with Crippen molar-refractivity contribution in [3.8, 4) is 6.07 Å². The van der Waals surface area contributed by atoms with Gasteiger partial charge in [0.05, 0.1) is 12.2 Å². The summed E-state index contributed by atoms with van der Waals surface area (Å²) in [6.45, 7) is 1.98. The lowest BCUT2D eigenvalue weighted by Gasteiger charge is -2.01. The first-order valence-electron chi connectivity index (χ1n) is 3.89. The molecule has 0 aliphatic rings. The van der Waals surface area contributed by atoms with E-state index < -0.39 is 0 Å². The van der Waals surface area contributed by atoms with Gasteiger partial charge in [-0.15, -0.1) is 11.8 Å². The number of pyridine rings is 1. The van der Waals surface area contributed by atoms with Crippen LogP contribution in [-0.2, 0) is 0 Å². The third-order valence-corrected chi connectivity index (χ3v) is 2.42. The smallest absolute Gasteiger partial charge is 0.114 e. The van der Waals surface area contributed by atoms with Crippen LogP contribution >= 0.6 is 11.8 Å². The van der Waals surface area contributed by atoms with E-state index in [2.05, 4.69) is 11.1 Å². The summed E-state index contributed by atoms with van der Waals surface area (Å²) < 4.78 is 0. The second-order valence-electron chi connectivity index (χ2n) is 2.49. The Morgan fingerprint density at radius 2 is 2.38 bits per heavy atom. The maximum absolute atomic E-state index is 8.74. The van der Waals surface area contributed by atoms with E-state index in [0.29, 0.717) is 16.3 Å². The van der Waals surface area contributed by atoms with E-state index in [-0.39, 0.29) is 6.61 Å². The van der Waals surface area contributed by atoms with Crippen molar-refractivity contribution in [1.29, 1.82) is 5.26 Å². The summed E-state index contributed by atoms with van der Waals surface area (Å²) in [6, 6.07) is 5.63. The molecule has 0 saturated heterocycles. The molecule has 0 aliphatic carbocycles. The minimum Gasteiger partial charge on any atom is -0.396 e. The highest BCUT2D eigenvalue weighted by atomic mass is 32.2. The number of hydrogen-bond donors (Lipinski definition) is 1. The molecule has 0 bridgehead atoms. The Bertz CT molecular complexity index is 333. The van der Waals surface area contributed by atoms with E-state index in [1.54, 1.807) is 6.07 Å². The van der Waals surface area contributed by atoms with Gasteiger partial charge in [-0.25, -0.2) is 4.98 Å². The molecule has 0 saturated carbocycles. The van der Waals surface area contributed by atoms with Crippen LogP contribution in [0.2, 0.25) is 0 Å². The third-order valence-electron chi connectivity index (χ3n) is 1.45. The average molecular weight is 194 g/mol. The summed E-state index contributed by atoms with van der Waals surface area (Å²) in [4.78, 5) is 4.21. The van der Waals surface area contributed by atoms with Crippen molar-refractivity contribution in [2.45, 2.75) is 11.9 Å². The SMILES string of the molecule is Cc1ccc(C#N)c(SCCO)n1. The Labute approximate surface area is 81.4 Å². The van der Waals surface area contributed by atoms with Gasteiger partial charge in [0.15, 0.2) is 0 Å². The molecule has 0 amide bonds. The van der Waals surface area contributed by atoms with Crippen LogP contribution in [0.4, 0.5) is 0 Å². The minimum atomic E-state index is 0.102. The fourth-order valence-corrected chi connectivity index (χ4v) is 1.63. The van der Waals surface area contributed by atoms with Gasteiger partial charge in [0.25, 0.3) is 0 Å². The summed E-state index contributed by atoms with van der Waals surface area (Å²) in [7, 11) is 0. The zero-order valence-corrected chi connectivity index (χ0v) is 8.14. The van der Waals surface area contributed by atoms with Gasteiger partial charge in [-0.2, -0.15) is 5.26 Å². The van der Waals surface area contributed by atoms with Crippen LogP contribution in [-0.4, -0.2) is 22.5 Å². The molecule has 0 radical (unpaired) electrons. The van der Waals surface area contributed by atoms with Gasteiger partial charge < -0.3 is 5.11 Å². The summed E-state index contributed by atoms with van der Waals surface area (Å²) in [5.74, 6) is 0.575. The first-order chi connectivity index (χ1) is 6.27. The Hall–Kier alpha value is -1.05. The lowest BCUT2D eigenvalue weighted by atomic mass is 10.3. The molecule has 4 heteroatoms. The normalized spacial score (nSPS) is 9.62. The Kier molecular flexibility index (Phi) is 3.74. The topological polar surface area (TPSA) is 56.9 Å². The second-order valence-corrected chi connectivity index (χ2v) is 3.57. The van der Waals surface area contributed by atoms with Gasteiger partial charge in [0.2, 0.25) is 0 Å². The van der Waals surface area contributed by atoms with Gasteiger partial charge in [-0.1, -0.05) is 0 Å². The highest BCUT2D eigenvalue weighted by Gasteiger charge is 2.03. The molecular formula is C9H10N2OS. The van der Waals surface area contributed by atoms with Gasteiger partial charge in [-0.05, 0) is 19.1 Å². The number of aromatic nitrogens is 1. The van der Waals surface area contributed by atoms with Crippen LogP contribution in [0.25, 0.3) is 0 Å². The molecule has 13 heavy (non-hydrogen) atoms. The monoisotopic (exact) mass is 194 g/mol. The predicted molar refractivity (Wildman–Crippen MR) is 51.5 cm³/mol. The zero-order chi connectivity index (χ0) is 9.68. The number of aryl methyl sites for hydroxylation is 1. The third kappa shape index (κ3) is 2.72. The average Bonchev–Trinajstić information content (AvgIpc) is 2.15. The molecule has 1 heterocycles. The maximum Gasteiger partial charge on any atom is 0.114 e. The van der Waals surface area contributed by atoms with Gasteiger partial charge in [0.1, 0.15) is 11.1 Å². The number of nitriles is 1. The molecule has 0 spiro atoms. The first-order valence-corrected chi connectivity index (χ1v) is 4.88. The van der Waals surface area contributed by atoms with Crippen LogP contribution in [0, 0.1) is 18.3 Å². The number of nitrogens with zero attached hydrogens (tertiary/aromatic N) is 2. The lowest BCUT2D eigenvalue weighted by Crippen LogP contribution is -1.93. The molecule has 1 aromatic heterocycles. The first kappa shape index (κ1) is 10.0. The molecule has 1 aromatic rings. The van der Waals surface area contributed by atoms with Crippen molar-refractivity contribution in [2.75, 3.05) is 12.4 Å². The summed E-state index contributed by atoms with van der Waals surface area (Å²) in [5, 5.41) is 18.1. The molecule has 1 N–H and O–H groups in total. The van der Waals surface area contributed by atoms with Gasteiger partial charge >= 0.3 is 0 Å². The van der Waals surface area contributed by atoms with Crippen LogP contribution in [0.1, 0.15) is 11.3 Å². The molecule has 0 aromatic carbocycles. The Morgan fingerprint density at radius 1 is 1.62 bits per heavy atom. The van der Waals surface area contributed by atoms with Crippen LogP contribution < -0.4 is 0 Å². The minimum absolute atomic E-state index is 0.102. The van der Waals surface area contributed by atoms with Crippen LogP contribution in [0.3, 0.4) is 0 Å². The highest BCUT2D eigenvalue weighted by Crippen LogP contribution is 2.19. The fraction of sp³-hybridized carbons (Fsp3) is 0.333. The second kappa shape index (κ2) is 4.85. The molecule has 0 fully saturated rings. The molecule has 1 rings (SSSR count). The number of rotatable bonds is 3. The van der Waals surface area contributed by atoms with Crippen molar-refractivity contribution in [3.05, 3.63) is 23.4 Å². The Balaban J connectivity index is 2.89. The summed E-state index contributed by atoms with van der Waals surface area (Å²) in [6.07, 6.45) is 0. The largest absolute Gasteiger partial charge is 0.396 e. The Morgan fingerprint density at radius 3 is 3.00 bits per heavy atom. The highest BCUT2D eigenvalue weighted by molar-refractivity contribution is 7.99. The van der Waals surface area contributed by atoms with E-state index in [1.807, 2.05) is 13.0 Å². The van der Waals surface area contributed by atoms with E-state index in [9.17, 15) is 0 Å². The molecular weight excluding hydrogens is 184 g/mol. The van der Waals surface area contributed by atoms with Crippen LogP contribution in [0.15, 0.2) is 17.2 Å². The van der Waals surface area contributed by atoms with E-state index in [1.165, 1.54) is 11.8 Å². The predicted octanol–water partition coefficient (Wildman–Crippen LogP) is 1.35.